The van der Waals surface area contributed by atoms with E-state index < -0.39 is 6.10 Å². The van der Waals surface area contributed by atoms with Crippen LogP contribution >= 0.6 is 0 Å². The van der Waals surface area contributed by atoms with E-state index in [0.717, 1.165) is 45.3 Å². The van der Waals surface area contributed by atoms with Crippen LogP contribution in [-0.4, -0.2) is 71.8 Å². The van der Waals surface area contributed by atoms with Crippen molar-refractivity contribution < 1.29 is 14.6 Å². The molecule has 0 aromatic rings. The van der Waals surface area contributed by atoms with Gasteiger partial charge in [-0.25, -0.2) is 0 Å². The zero-order valence-electron chi connectivity index (χ0n) is 12.8. The molecule has 5 heteroatoms. The van der Waals surface area contributed by atoms with Crippen molar-refractivity contribution in [3.05, 3.63) is 0 Å². The van der Waals surface area contributed by atoms with E-state index in [2.05, 4.69) is 9.80 Å². The SMILES string of the molecule is CC(C)OCC(O)CN1CCC(N2CCCC2=O)CC1. The summed E-state index contributed by atoms with van der Waals surface area (Å²) in [6, 6.07) is 0.422. The Morgan fingerprint density at radius 1 is 1.30 bits per heavy atom. The molecule has 2 saturated heterocycles. The molecule has 2 rings (SSSR count). The predicted octanol–water partition coefficient (Wildman–Crippen LogP) is 0.859. The maximum atomic E-state index is 11.7. The number of carbonyl (C=O) groups excluding carboxylic acids is 1. The maximum Gasteiger partial charge on any atom is 0.222 e. The fourth-order valence-corrected chi connectivity index (χ4v) is 3.12. The number of aliphatic hydroxyl groups excluding tert-OH is 1. The van der Waals surface area contributed by atoms with Crippen molar-refractivity contribution in [1.29, 1.82) is 0 Å². The van der Waals surface area contributed by atoms with Crippen molar-refractivity contribution in [1.82, 2.24) is 9.80 Å². The number of rotatable bonds is 6. The average Bonchev–Trinajstić information content (AvgIpc) is 2.84. The molecule has 20 heavy (non-hydrogen) atoms. The lowest BCUT2D eigenvalue weighted by Crippen LogP contribution is -2.47. The quantitative estimate of drug-likeness (QED) is 0.786. The normalized spacial score (nSPS) is 23.8. The molecule has 2 aliphatic rings. The highest BCUT2D eigenvalue weighted by Gasteiger charge is 2.30. The van der Waals surface area contributed by atoms with Gasteiger partial charge in [0.2, 0.25) is 5.91 Å². The van der Waals surface area contributed by atoms with Gasteiger partial charge in [-0.2, -0.15) is 0 Å². The summed E-state index contributed by atoms with van der Waals surface area (Å²) in [4.78, 5) is 16.1. The second-order valence-electron chi connectivity index (χ2n) is 6.26. The van der Waals surface area contributed by atoms with Crippen LogP contribution in [0, 0.1) is 0 Å². The first-order valence-electron chi connectivity index (χ1n) is 7.87. The molecule has 0 aliphatic carbocycles. The first kappa shape index (κ1) is 15.7. The standard InChI is InChI=1S/C15H28N2O3/c1-12(2)20-11-14(18)10-16-8-5-13(6-9-16)17-7-3-4-15(17)19/h12-14,18H,3-11H2,1-2H3. The van der Waals surface area contributed by atoms with E-state index in [4.69, 9.17) is 4.74 Å². The number of amides is 1. The summed E-state index contributed by atoms with van der Waals surface area (Å²) < 4.78 is 5.43. The molecule has 2 heterocycles. The van der Waals surface area contributed by atoms with Crippen molar-refractivity contribution in [3.63, 3.8) is 0 Å². The minimum atomic E-state index is -0.414. The highest BCUT2D eigenvalue weighted by Crippen LogP contribution is 2.22. The van der Waals surface area contributed by atoms with Crippen LogP contribution in [0.25, 0.3) is 0 Å². The van der Waals surface area contributed by atoms with Gasteiger partial charge in [0.15, 0.2) is 0 Å². The van der Waals surface area contributed by atoms with Crippen molar-refractivity contribution in [3.8, 4) is 0 Å². The zero-order chi connectivity index (χ0) is 14.5. The second-order valence-corrected chi connectivity index (χ2v) is 6.26. The lowest BCUT2D eigenvalue weighted by Gasteiger charge is -2.37. The molecule has 0 radical (unpaired) electrons. The minimum absolute atomic E-state index is 0.163. The molecule has 2 aliphatic heterocycles. The van der Waals surface area contributed by atoms with Gasteiger partial charge in [0, 0.05) is 38.6 Å². The molecule has 1 N–H and O–H groups in total. The summed E-state index contributed by atoms with van der Waals surface area (Å²) in [6.45, 7) is 7.90. The number of ether oxygens (including phenoxy) is 1. The Labute approximate surface area is 121 Å². The van der Waals surface area contributed by atoms with Gasteiger partial charge in [0.25, 0.3) is 0 Å². The maximum absolute atomic E-state index is 11.7. The minimum Gasteiger partial charge on any atom is -0.389 e. The van der Waals surface area contributed by atoms with Gasteiger partial charge < -0.3 is 19.6 Å². The highest BCUT2D eigenvalue weighted by atomic mass is 16.5. The summed E-state index contributed by atoms with van der Waals surface area (Å²) >= 11 is 0. The third-order valence-electron chi connectivity index (χ3n) is 4.20. The summed E-state index contributed by atoms with van der Waals surface area (Å²) in [5.41, 5.74) is 0. The second kappa shape index (κ2) is 7.38. The average molecular weight is 284 g/mol. The monoisotopic (exact) mass is 284 g/mol. The van der Waals surface area contributed by atoms with Crippen molar-refractivity contribution in [2.24, 2.45) is 0 Å². The molecule has 0 aromatic carbocycles. The Hall–Kier alpha value is -0.650. The number of likely N-dealkylation sites (tertiary alicyclic amines) is 2. The Bertz CT molecular complexity index is 314. The van der Waals surface area contributed by atoms with Crippen LogP contribution in [-0.2, 0) is 9.53 Å². The van der Waals surface area contributed by atoms with Crippen LogP contribution in [0.1, 0.15) is 39.5 Å². The number of piperidine rings is 1. The van der Waals surface area contributed by atoms with Crippen LogP contribution in [0.4, 0.5) is 0 Å². The molecular weight excluding hydrogens is 256 g/mol. The Balaban J connectivity index is 1.67. The van der Waals surface area contributed by atoms with E-state index in [1.54, 1.807) is 0 Å². The lowest BCUT2D eigenvalue weighted by atomic mass is 10.0. The largest absolute Gasteiger partial charge is 0.389 e. The fourth-order valence-electron chi connectivity index (χ4n) is 3.12. The number of β-amino-alcohol motifs (C(OH)–C–C–N with tert-alkyl or cyclic N) is 1. The molecule has 0 saturated carbocycles. The Morgan fingerprint density at radius 3 is 2.55 bits per heavy atom. The van der Waals surface area contributed by atoms with Gasteiger partial charge in [0.1, 0.15) is 0 Å². The highest BCUT2D eigenvalue weighted by molar-refractivity contribution is 5.78. The topological polar surface area (TPSA) is 53.0 Å². The molecule has 1 unspecified atom stereocenters. The van der Waals surface area contributed by atoms with Gasteiger partial charge >= 0.3 is 0 Å². The molecule has 5 nitrogen and oxygen atoms in total. The summed E-state index contributed by atoms with van der Waals surface area (Å²) in [5.74, 6) is 0.328. The number of carbonyl (C=O) groups is 1. The van der Waals surface area contributed by atoms with Crippen molar-refractivity contribution in [2.75, 3.05) is 32.8 Å². The molecule has 1 atom stereocenters. The fraction of sp³-hybridized carbons (Fsp3) is 0.933. The van der Waals surface area contributed by atoms with Gasteiger partial charge in [-0.05, 0) is 33.1 Å². The summed E-state index contributed by atoms with van der Waals surface area (Å²) in [5, 5.41) is 9.94. The third kappa shape index (κ3) is 4.43. The predicted molar refractivity (Wildman–Crippen MR) is 77.5 cm³/mol. The molecule has 0 spiro atoms. The van der Waals surface area contributed by atoms with Crippen LogP contribution < -0.4 is 0 Å². The van der Waals surface area contributed by atoms with Crippen LogP contribution in [0.3, 0.4) is 0 Å². The van der Waals surface area contributed by atoms with E-state index in [-0.39, 0.29) is 6.10 Å². The molecule has 2 fully saturated rings. The molecular formula is C15H28N2O3. The van der Waals surface area contributed by atoms with Crippen molar-refractivity contribution >= 4 is 5.91 Å². The van der Waals surface area contributed by atoms with E-state index in [1.165, 1.54) is 0 Å². The van der Waals surface area contributed by atoms with Crippen LogP contribution in [0.2, 0.25) is 0 Å². The molecule has 1 amide bonds. The third-order valence-corrected chi connectivity index (χ3v) is 4.20. The summed E-state index contributed by atoms with van der Waals surface area (Å²) in [7, 11) is 0. The van der Waals surface area contributed by atoms with Gasteiger partial charge in [-0.15, -0.1) is 0 Å². The Morgan fingerprint density at radius 2 is 2.00 bits per heavy atom. The smallest absolute Gasteiger partial charge is 0.222 e. The lowest BCUT2D eigenvalue weighted by molar-refractivity contribution is -0.130. The van der Waals surface area contributed by atoms with Crippen molar-refractivity contribution in [2.45, 2.75) is 57.8 Å². The summed E-state index contributed by atoms with van der Waals surface area (Å²) in [6.07, 6.45) is 3.56. The molecule has 116 valence electrons. The number of hydrogen-bond acceptors (Lipinski definition) is 4. The Kier molecular flexibility index (Phi) is 5.81. The van der Waals surface area contributed by atoms with E-state index in [1.807, 2.05) is 13.8 Å². The number of nitrogens with zero attached hydrogens (tertiary/aromatic N) is 2. The molecule has 0 aromatic heterocycles. The molecule has 0 bridgehead atoms. The zero-order valence-corrected chi connectivity index (χ0v) is 12.8. The van der Waals surface area contributed by atoms with Gasteiger partial charge in [0.05, 0.1) is 18.8 Å². The number of aliphatic hydroxyl groups is 1. The van der Waals surface area contributed by atoms with Crippen LogP contribution in [0.15, 0.2) is 0 Å². The van der Waals surface area contributed by atoms with E-state index >= 15 is 0 Å². The van der Waals surface area contributed by atoms with Gasteiger partial charge in [-0.3, -0.25) is 4.79 Å². The van der Waals surface area contributed by atoms with E-state index in [9.17, 15) is 9.90 Å². The van der Waals surface area contributed by atoms with Gasteiger partial charge in [-0.1, -0.05) is 0 Å². The van der Waals surface area contributed by atoms with Crippen LogP contribution in [0.5, 0.6) is 0 Å². The number of hydrogen-bond donors (Lipinski definition) is 1. The first-order chi connectivity index (χ1) is 9.56. The van der Waals surface area contributed by atoms with E-state index in [0.29, 0.717) is 25.1 Å². The first-order valence-corrected chi connectivity index (χ1v) is 7.87.